The molecule has 7 heavy (non-hydrogen) atoms. The van der Waals surface area contributed by atoms with E-state index in [0.29, 0.717) is 0 Å². The van der Waals surface area contributed by atoms with Gasteiger partial charge < -0.3 is 0 Å². The van der Waals surface area contributed by atoms with Gasteiger partial charge in [-0.2, -0.15) is 4.37 Å². The van der Waals surface area contributed by atoms with E-state index in [-0.39, 0.29) is 0 Å². The number of aromatic nitrogens is 2. The first-order chi connectivity index (χ1) is 3.29. The maximum absolute atomic E-state index is 4.01. The Bertz CT molecular complexity index is 145. The van der Waals surface area contributed by atoms with E-state index in [4.69, 9.17) is 0 Å². The summed E-state index contributed by atoms with van der Waals surface area (Å²) in [4.78, 5) is 4.01. The van der Waals surface area contributed by atoms with E-state index < -0.39 is 0 Å². The Balaban J connectivity index is 3.04. The monoisotopic (exact) mass is 226 g/mol. The fourth-order valence-electron chi connectivity index (χ4n) is 0.274. The molecule has 0 spiro atoms. The minimum atomic E-state index is 0.847. The molecule has 4 heteroatoms. The minimum Gasteiger partial charge on any atom is -0.215 e. The van der Waals surface area contributed by atoms with Crippen molar-refractivity contribution in [2.75, 3.05) is 0 Å². The minimum absolute atomic E-state index is 0.847. The lowest BCUT2D eigenvalue weighted by Gasteiger charge is -1.65. The molecule has 0 atom stereocenters. The summed E-state index contributed by atoms with van der Waals surface area (Å²) in [6.07, 6.45) is 0. The van der Waals surface area contributed by atoms with Crippen LogP contribution < -0.4 is 0 Å². The number of nitrogens with zero attached hydrogens (tertiary/aromatic N) is 2. The van der Waals surface area contributed by atoms with Crippen LogP contribution in [0.15, 0.2) is 0 Å². The number of hydrogen-bond donors (Lipinski definition) is 0. The molecule has 1 heterocycles. The second kappa shape index (κ2) is 2.04. The molecule has 0 fully saturated rings. The molecule has 0 aliphatic heterocycles. The van der Waals surface area contributed by atoms with Crippen molar-refractivity contribution in [2.24, 2.45) is 0 Å². The molecule has 0 aromatic carbocycles. The van der Waals surface area contributed by atoms with Crippen molar-refractivity contribution in [2.45, 2.75) is 6.92 Å². The first-order valence-corrected chi connectivity index (χ1v) is 3.60. The molecule has 0 aliphatic carbocycles. The molecular formula is C3H3IN2S. The number of aryl methyl sites for hydroxylation is 1. The Morgan fingerprint density at radius 1 is 1.71 bits per heavy atom. The van der Waals surface area contributed by atoms with Crippen LogP contribution in [-0.2, 0) is 0 Å². The number of halogens is 1. The van der Waals surface area contributed by atoms with Gasteiger partial charge in [-0.3, -0.25) is 0 Å². The van der Waals surface area contributed by atoms with Gasteiger partial charge in [-0.15, -0.1) is 0 Å². The summed E-state index contributed by atoms with van der Waals surface area (Å²) in [5.74, 6) is 0. The molecule has 0 radical (unpaired) electrons. The van der Waals surface area contributed by atoms with E-state index >= 15 is 0 Å². The lowest BCUT2D eigenvalue weighted by atomic mass is 10.9. The van der Waals surface area contributed by atoms with Crippen LogP contribution in [0.25, 0.3) is 0 Å². The van der Waals surface area contributed by atoms with E-state index in [0.717, 1.165) is 8.84 Å². The molecule has 0 aliphatic rings. The third-order valence-electron chi connectivity index (χ3n) is 0.503. The normalized spacial score (nSPS) is 9.43. The van der Waals surface area contributed by atoms with E-state index in [1.54, 1.807) is 0 Å². The van der Waals surface area contributed by atoms with Crippen molar-refractivity contribution >= 4 is 34.1 Å². The molecule has 0 N–H and O–H groups in total. The zero-order chi connectivity index (χ0) is 5.28. The maximum Gasteiger partial charge on any atom is 0.203 e. The molecular weight excluding hydrogens is 223 g/mol. The Kier molecular flexibility index (Phi) is 1.58. The van der Waals surface area contributed by atoms with Crippen LogP contribution in [0.3, 0.4) is 0 Å². The lowest BCUT2D eigenvalue weighted by molar-refractivity contribution is 1.20. The first-order valence-electron chi connectivity index (χ1n) is 1.75. The molecule has 0 amide bonds. The van der Waals surface area contributed by atoms with Crippen molar-refractivity contribution in [3.8, 4) is 0 Å². The highest BCUT2D eigenvalue weighted by Crippen LogP contribution is 2.02. The number of rotatable bonds is 0. The molecule has 2 nitrogen and oxygen atoms in total. The second-order valence-corrected chi connectivity index (χ2v) is 3.00. The molecule has 38 valence electrons. The molecule has 1 aromatic heterocycles. The maximum atomic E-state index is 4.01. The SMILES string of the molecule is Cc1nc(I)ns1. The molecule has 0 saturated heterocycles. The van der Waals surface area contributed by atoms with Crippen molar-refractivity contribution in [1.29, 1.82) is 0 Å². The molecule has 1 rings (SSSR count). The second-order valence-electron chi connectivity index (χ2n) is 1.08. The zero-order valence-corrected chi connectivity index (χ0v) is 6.65. The van der Waals surface area contributed by atoms with Crippen molar-refractivity contribution in [1.82, 2.24) is 9.36 Å². The fraction of sp³-hybridized carbons (Fsp3) is 0.333. The van der Waals surface area contributed by atoms with Crippen molar-refractivity contribution < 1.29 is 0 Å². The van der Waals surface area contributed by atoms with Crippen LogP contribution in [-0.4, -0.2) is 9.36 Å². The Morgan fingerprint density at radius 3 is 2.57 bits per heavy atom. The van der Waals surface area contributed by atoms with E-state index in [1.165, 1.54) is 11.5 Å². The summed E-state index contributed by atoms with van der Waals surface area (Å²) >= 11 is 3.52. The highest BCUT2D eigenvalue weighted by Gasteiger charge is 1.89. The van der Waals surface area contributed by atoms with Crippen LogP contribution in [0.1, 0.15) is 5.01 Å². The predicted molar refractivity (Wildman–Crippen MR) is 37.4 cm³/mol. The third-order valence-corrected chi connectivity index (χ3v) is 1.93. The standard InChI is InChI=1S/C3H3IN2S/c1-2-5-3(4)6-7-2/h1H3. The summed E-state index contributed by atoms with van der Waals surface area (Å²) in [7, 11) is 0. The van der Waals surface area contributed by atoms with Gasteiger partial charge in [0.15, 0.2) is 0 Å². The van der Waals surface area contributed by atoms with E-state index in [2.05, 4.69) is 31.9 Å². The Labute approximate surface area is 59.3 Å². The summed E-state index contributed by atoms with van der Waals surface area (Å²) in [6, 6.07) is 0. The molecule has 0 saturated carbocycles. The summed E-state index contributed by atoms with van der Waals surface area (Å²) in [6.45, 7) is 1.94. The van der Waals surface area contributed by atoms with Crippen LogP contribution in [0, 0.1) is 10.8 Å². The summed E-state index contributed by atoms with van der Waals surface area (Å²) < 4.78 is 4.78. The quantitative estimate of drug-likeness (QED) is 0.625. The van der Waals surface area contributed by atoms with E-state index in [1.807, 2.05) is 6.92 Å². The van der Waals surface area contributed by atoms with Crippen LogP contribution in [0.4, 0.5) is 0 Å². The topological polar surface area (TPSA) is 25.8 Å². The average molecular weight is 226 g/mol. The van der Waals surface area contributed by atoms with Crippen molar-refractivity contribution in [3.05, 3.63) is 8.84 Å². The van der Waals surface area contributed by atoms with Gasteiger partial charge in [-0.05, 0) is 18.5 Å². The predicted octanol–water partition coefficient (Wildman–Crippen LogP) is 1.45. The van der Waals surface area contributed by atoms with Gasteiger partial charge in [-0.1, -0.05) is 0 Å². The third kappa shape index (κ3) is 1.34. The Hall–Kier alpha value is 0.290. The lowest BCUT2D eigenvalue weighted by Crippen LogP contribution is -1.68. The van der Waals surface area contributed by atoms with Crippen LogP contribution >= 0.6 is 34.1 Å². The average Bonchev–Trinajstić information content (AvgIpc) is 1.87. The fourth-order valence-corrected chi connectivity index (χ4v) is 1.47. The van der Waals surface area contributed by atoms with Gasteiger partial charge in [0.05, 0.1) is 0 Å². The Morgan fingerprint density at radius 2 is 2.43 bits per heavy atom. The number of hydrogen-bond acceptors (Lipinski definition) is 3. The molecule has 0 unspecified atom stereocenters. The van der Waals surface area contributed by atoms with Crippen LogP contribution in [0.2, 0.25) is 0 Å². The highest BCUT2D eigenvalue weighted by atomic mass is 127. The van der Waals surface area contributed by atoms with Gasteiger partial charge in [0.2, 0.25) is 3.83 Å². The van der Waals surface area contributed by atoms with Gasteiger partial charge in [0.1, 0.15) is 5.01 Å². The highest BCUT2D eigenvalue weighted by molar-refractivity contribution is 14.1. The smallest absolute Gasteiger partial charge is 0.203 e. The summed E-state index contributed by atoms with van der Waals surface area (Å²) in [5.41, 5.74) is 0. The zero-order valence-electron chi connectivity index (χ0n) is 3.68. The van der Waals surface area contributed by atoms with Gasteiger partial charge in [0.25, 0.3) is 0 Å². The van der Waals surface area contributed by atoms with Gasteiger partial charge in [0, 0.05) is 22.6 Å². The van der Waals surface area contributed by atoms with Crippen molar-refractivity contribution in [3.63, 3.8) is 0 Å². The van der Waals surface area contributed by atoms with Gasteiger partial charge >= 0.3 is 0 Å². The van der Waals surface area contributed by atoms with Crippen LogP contribution in [0.5, 0.6) is 0 Å². The molecule has 0 bridgehead atoms. The van der Waals surface area contributed by atoms with Gasteiger partial charge in [-0.25, -0.2) is 4.98 Å². The molecule has 1 aromatic rings. The first kappa shape index (κ1) is 5.43. The largest absolute Gasteiger partial charge is 0.215 e. The summed E-state index contributed by atoms with van der Waals surface area (Å²) in [5, 5.41) is 1.03. The van der Waals surface area contributed by atoms with E-state index in [9.17, 15) is 0 Å².